The molecule has 0 aliphatic carbocycles. The summed E-state index contributed by atoms with van der Waals surface area (Å²) in [5.41, 5.74) is 1.19. The number of fused-ring (bicyclic) bond motifs is 1. The van der Waals surface area contributed by atoms with Crippen LogP contribution in [0.15, 0.2) is 57.8 Å². The van der Waals surface area contributed by atoms with E-state index in [2.05, 4.69) is 26.2 Å². The number of urea groups is 1. The van der Waals surface area contributed by atoms with Gasteiger partial charge in [-0.1, -0.05) is 28.1 Å². The van der Waals surface area contributed by atoms with E-state index in [1.807, 2.05) is 43.3 Å². The van der Waals surface area contributed by atoms with E-state index in [9.17, 15) is 9.59 Å². The molecule has 0 aliphatic rings. The average Bonchev–Trinajstić information content (AvgIpc) is 2.65. The second-order valence-corrected chi connectivity index (χ2v) is 6.99. The van der Waals surface area contributed by atoms with Gasteiger partial charge >= 0.3 is 6.03 Å². The zero-order valence-corrected chi connectivity index (χ0v) is 16.3. The lowest BCUT2D eigenvalue weighted by Gasteiger charge is -2.26. The summed E-state index contributed by atoms with van der Waals surface area (Å²) in [6, 6.07) is 13.9. The maximum absolute atomic E-state index is 12.6. The predicted octanol–water partition coefficient (Wildman–Crippen LogP) is 3.92. The summed E-state index contributed by atoms with van der Waals surface area (Å²) in [5, 5.41) is 3.40. The number of anilines is 1. The molecule has 1 N–H and O–H groups in total. The van der Waals surface area contributed by atoms with Crippen LogP contribution in [0.2, 0.25) is 0 Å². The van der Waals surface area contributed by atoms with E-state index < -0.39 is 0 Å². The highest BCUT2D eigenvalue weighted by atomic mass is 79.9. The molecule has 0 radical (unpaired) electrons. The molecule has 2 amide bonds. The predicted molar refractivity (Wildman–Crippen MR) is 106 cm³/mol. The SMILES string of the molecule is CC(c1nc2ccccc2c(=O)n1C)N(C)C(=O)Nc1ccc(Br)cc1. The molecule has 3 aromatic rings. The maximum atomic E-state index is 12.6. The second-order valence-electron chi connectivity index (χ2n) is 6.08. The fourth-order valence-electron chi connectivity index (χ4n) is 2.70. The first-order valence-electron chi connectivity index (χ1n) is 8.13. The molecule has 0 aliphatic heterocycles. The average molecular weight is 415 g/mol. The summed E-state index contributed by atoms with van der Waals surface area (Å²) in [5.74, 6) is 0.530. The Kier molecular flexibility index (Phi) is 5.08. The van der Waals surface area contributed by atoms with Crippen molar-refractivity contribution in [2.45, 2.75) is 13.0 Å². The number of benzene rings is 2. The number of nitrogens with one attached hydrogen (secondary N) is 1. The number of amides is 2. The lowest BCUT2D eigenvalue weighted by molar-refractivity contribution is 0.205. The van der Waals surface area contributed by atoms with Gasteiger partial charge < -0.3 is 10.2 Å². The third kappa shape index (κ3) is 3.48. The van der Waals surface area contributed by atoms with Crippen molar-refractivity contribution in [2.24, 2.45) is 7.05 Å². The standard InChI is InChI=1S/C19H19BrN4O2/c1-12(23(2)19(26)21-14-10-8-13(20)9-11-14)17-22-16-7-5-4-6-15(16)18(25)24(17)3/h4-12H,1-3H3,(H,21,26). The smallest absolute Gasteiger partial charge is 0.318 e. The monoisotopic (exact) mass is 414 g/mol. The Balaban J connectivity index is 1.88. The Labute approximate surface area is 159 Å². The molecule has 134 valence electrons. The van der Waals surface area contributed by atoms with E-state index in [0.29, 0.717) is 22.4 Å². The van der Waals surface area contributed by atoms with Crippen LogP contribution < -0.4 is 10.9 Å². The van der Waals surface area contributed by atoms with E-state index in [-0.39, 0.29) is 17.6 Å². The first-order valence-corrected chi connectivity index (χ1v) is 8.93. The number of halogens is 1. The number of para-hydroxylation sites is 1. The molecule has 1 aromatic heterocycles. The molecule has 0 saturated carbocycles. The normalized spacial score (nSPS) is 12.0. The van der Waals surface area contributed by atoms with Gasteiger partial charge in [0.25, 0.3) is 5.56 Å². The largest absolute Gasteiger partial charge is 0.322 e. The fraction of sp³-hybridized carbons (Fsp3) is 0.211. The Bertz CT molecular complexity index is 1010. The van der Waals surface area contributed by atoms with Gasteiger partial charge in [-0.05, 0) is 43.3 Å². The van der Waals surface area contributed by atoms with Crippen LogP contribution in [-0.2, 0) is 7.05 Å². The summed E-state index contributed by atoms with van der Waals surface area (Å²) < 4.78 is 2.43. The van der Waals surface area contributed by atoms with Crippen LogP contribution in [0.5, 0.6) is 0 Å². The van der Waals surface area contributed by atoms with Crippen molar-refractivity contribution in [3.8, 4) is 0 Å². The van der Waals surface area contributed by atoms with Gasteiger partial charge in [-0.2, -0.15) is 0 Å². The fourth-order valence-corrected chi connectivity index (χ4v) is 2.97. The molecule has 0 fully saturated rings. The Morgan fingerprint density at radius 3 is 2.54 bits per heavy atom. The molecule has 0 spiro atoms. The highest BCUT2D eigenvalue weighted by Crippen LogP contribution is 2.20. The minimum absolute atomic E-state index is 0.126. The van der Waals surface area contributed by atoms with Crippen LogP contribution in [0, 0.1) is 0 Å². The van der Waals surface area contributed by atoms with Crippen molar-refractivity contribution < 1.29 is 4.79 Å². The molecule has 1 unspecified atom stereocenters. The molecule has 7 heteroatoms. The highest BCUT2D eigenvalue weighted by Gasteiger charge is 2.22. The molecular weight excluding hydrogens is 396 g/mol. The van der Waals surface area contributed by atoms with Gasteiger partial charge in [-0.25, -0.2) is 9.78 Å². The molecule has 0 saturated heterocycles. The minimum Gasteiger partial charge on any atom is -0.318 e. The highest BCUT2D eigenvalue weighted by molar-refractivity contribution is 9.10. The van der Waals surface area contributed by atoms with Gasteiger partial charge in [-0.15, -0.1) is 0 Å². The molecule has 2 aromatic carbocycles. The van der Waals surface area contributed by atoms with Gasteiger partial charge in [0.1, 0.15) is 5.82 Å². The molecule has 26 heavy (non-hydrogen) atoms. The first-order chi connectivity index (χ1) is 12.4. The number of hydrogen-bond acceptors (Lipinski definition) is 3. The van der Waals surface area contributed by atoms with Crippen LogP contribution in [0.3, 0.4) is 0 Å². The van der Waals surface area contributed by atoms with Crippen LogP contribution in [0.4, 0.5) is 10.5 Å². The molecular formula is C19H19BrN4O2. The van der Waals surface area contributed by atoms with Gasteiger partial charge in [0.15, 0.2) is 0 Å². The zero-order chi connectivity index (χ0) is 18.8. The molecule has 3 rings (SSSR count). The van der Waals surface area contributed by atoms with Crippen molar-refractivity contribution in [1.29, 1.82) is 0 Å². The van der Waals surface area contributed by atoms with Crippen LogP contribution in [-0.4, -0.2) is 27.5 Å². The molecule has 0 bridgehead atoms. The number of aromatic nitrogens is 2. The zero-order valence-electron chi connectivity index (χ0n) is 14.7. The molecule has 1 heterocycles. The van der Waals surface area contributed by atoms with Crippen LogP contribution in [0.1, 0.15) is 18.8 Å². The van der Waals surface area contributed by atoms with Gasteiger partial charge in [-0.3, -0.25) is 9.36 Å². The van der Waals surface area contributed by atoms with E-state index in [1.54, 1.807) is 26.2 Å². The van der Waals surface area contributed by atoms with Gasteiger partial charge in [0, 0.05) is 24.3 Å². The van der Waals surface area contributed by atoms with E-state index in [0.717, 1.165) is 4.47 Å². The molecule has 1 atom stereocenters. The van der Waals surface area contributed by atoms with Crippen molar-refractivity contribution in [2.75, 3.05) is 12.4 Å². The number of carbonyl (C=O) groups excluding carboxylic acids is 1. The summed E-state index contributed by atoms with van der Waals surface area (Å²) in [4.78, 5) is 31.2. The van der Waals surface area contributed by atoms with Gasteiger partial charge in [0.05, 0.1) is 16.9 Å². The Morgan fingerprint density at radius 1 is 1.19 bits per heavy atom. The number of nitrogens with zero attached hydrogens (tertiary/aromatic N) is 3. The van der Waals surface area contributed by atoms with Gasteiger partial charge in [0.2, 0.25) is 0 Å². The summed E-state index contributed by atoms with van der Waals surface area (Å²) in [6.07, 6.45) is 0. The Morgan fingerprint density at radius 2 is 1.85 bits per heavy atom. The van der Waals surface area contributed by atoms with E-state index in [1.165, 1.54) is 9.47 Å². The lowest BCUT2D eigenvalue weighted by Crippen LogP contribution is -2.37. The quantitative estimate of drug-likeness (QED) is 0.705. The van der Waals surface area contributed by atoms with Crippen LogP contribution in [0.25, 0.3) is 10.9 Å². The first kappa shape index (κ1) is 18.1. The van der Waals surface area contributed by atoms with Crippen molar-refractivity contribution in [3.05, 3.63) is 69.2 Å². The molecule has 6 nitrogen and oxygen atoms in total. The summed E-state index contributed by atoms with van der Waals surface area (Å²) in [6.45, 7) is 1.84. The number of carbonyl (C=O) groups is 1. The van der Waals surface area contributed by atoms with Crippen molar-refractivity contribution >= 4 is 38.6 Å². The third-order valence-corrected chi connectivity index (χ3v) is 4.92. The van der Waals surface area contributed by atoms with E-state index >= 15 is 0 Å². The maximum Gasteiger partial charge on any atom is 0.322 e. The Hall–Kier alpha value is -2.67. The lowest BCUT2D eigenvalue weighted by atomic mass is 10.2. The topological polar surface area (TPSA) is 67.2 Å². The van der Waals surface area contributed by atoms with Crippen molar-refractivity contribution in [3.63, 3.8) is 0 Å². The minimum atomic E-state index is -0.382. The number of hydrogen-bond donors (Lipinski definition) is 1. The van der Waals surface area contributed by atoms with Crippen molar-refractivity contribution in [1.82, 2.24) is 14.5 Å². The second kappa shape index (κ2) is 7.29. The van der Waals surface area contributed by atoms with E-state index in [4.69, 9.17) is 0 Å². The third-order valence-electron chi connectivity index (χ3n) is 4.39. The van der Waals surface area contributed by atoms with Crippen LogP contribution >= 0.6 is 15.9 Å². The number of rotatable bonds is 3. The summed E-state index contributed by atoms with van der Waals surface area (Å²) >= 11 is 3.37. The summed E-state index contributed by atoms with van der Waals surface area (Å²) in [7, 11) is 3.36.